The van der Waals surface area contributed by atoms with Crippen LogP contribution in [0.4, 0.5) is 11.8 Å². The Morgan fingerprint density at radius 3 is 2.69 bits per heavy atom. The number of imidazole rings is 1. The quantitative estimate of drug-likeness (QED) is 0.446. The van der Waals surface area contributed by atoms with Gasteiger partial charge in [0.1, 0.15) is 5.82 Å². The van der Waals surface area contributed by atoms with Crippen LogP contribution >= 0.6 is 11.6 Å². The first-order chi connectivity index (χ1) is 15.3. The van der Waals surface area contributed by atoms with Crippen LogP contribution in [0.2, 0.25) is 5.02 Å². The Morgan fingerprint density at radius 2 is 2.00 bits per heavy atom. The molecule has 0 radical (unpaired) electrons. The first-order valence-electron chi connectivity index (χ1n) is 11.4. The highest BCUT2D eigenvalue weighted by Gasteiger charge is 2.26. The molecule has 0 bridgehead atoms. The van der Waals surface area contributed by atoms with E-state index in [1.807, 2.05) is 35.9 Å². The zero-order valence-corrected chi connectivity index (χ0v) is 20.2. The van der Waals surface area contributed by atoms with E-state index < -0.39 is 0 Å². The molecule has 2 N–H and O–H groups in total. The first kappa shape index (κ1) is 22.5. The van der Waals surface area contributed by atoms with Gasteiger partial charge in [-0.15, -0.1) is 0 Å². The van der Waals surface area contributed by atoms with Crippen molar-refractivity contribution in [1.29, 1.82) is 0 Å². The van der Waals surface area contributed by atoms with E-state index >= 15 is 0 Å². The third-order valence-electron chi connectivity index (χ3n) is 5.94. The van der Waals surface area contributed by atoms with Crippen molar-refractivity contribution in [3.05, 3.63) is 64.7 Å². The first-order valence-corrected chi connectivity index (χ1v) is 11.8. The molecular weight excluding hydrogens is 420 g/mol. The van der Waals surface area contributed by atoms with Crippen molar-refractivity contribution in [1.82, 2.24) is 19.7 Å². The zero-order chi connectivity index (χ0) is 22.8. The molecule has 3 aromatic rings. The normalized spacial score (nSPS) is 14.9. The van der Waals surface area contributed by atoms with E-state index in [-0.39, 0.29) is 0 Å². The van der Waals surface area contributed by atoms with Crippen molar-refractivity contribution in [2.24, 2.45) is 5.92 Å². The number of aromatic nitrogens is 4. The molecule has 4 rings (SSSR count). The number of halogens is 1. The summed E-state index contributed by atoms with van der Waals surface area (Å²) in [6.07, 6.45) is 3.04. The molecule has 6 nitrogen and oxygen atoms in total. The Kier molecular flexibility index (Phi) is 6.60. The average Bonchev–Trinajstić information content (AvgIpc) is 3.30. The van der Waals surface area contributed by atoms with E-state index in [1.54, 1.807) is 0 Å². The number of aryl methyl sites for hydroxylation is 2. The lowest BCUT2D eigenvalue weighted by atomic mass is 9.92. The van der Waals surface area contributed by atoms with Gasteiger partial charge in [-0.1, -0.05) is 38.1 Å². The maximum Gasteiger partial charge on any atom is 0.204 e. The summed E-state index contributed by atoms with van der Waals surface area (Å²) < 4.78 is 2.00. The predicted molar refractivity (Wildman–Crippen MR) is 133 cm³/mol. The van der Waals surface area contributed by atoms with E-state index in [1.165, 1.54) is 5.69 Å². The molecule has 0 unspecified atom stereocenters. The average molecular weight is 453 g/mol. The second-order valence-corrected chi connectivity index (χ2v) is 9.66. The Bertz CT molecular complexity index is 1090. The molecule has 2 aromatic heterocycles. The number of nitrogens with zero attached hydrogens (tertiary/aromatic N) is 4. The Hall–Kier alpha value is -2.73. The molecular formula is C25H33ClN6. The monoisotopic (exact) mass is 452 g/mol. The SMILES string of the molecule is C=C(CC(C)C)Nc1nc(C2CCN(c3cc(C)nn3-c3cccc(Cl)c3)CC2)c(C)[nH]1. The number of anilines is 2. The summed E-state index contributed by atoms with van der Waals surface area (Å²) in [4.78, 5) is 10.7. The number of allylic oxidation sites excluding steroid dienone is 1. The maximum atomic E-state index is 6.22. The van der Waals surface area contributed by atoms with Crippen molar-refractivity contribution in [2.75, 3.05) is 23.3 Å². The van der Waals surface area contributed by atoms with Crippen LogP contribution in [-0.4, -0.2) is 32.8 Å². The van der Waals surface area contributed by atoms with Crippen molar-refractivity contribution in [3.63, 3.8) is 0 Å². The standard InChI is InChI=1S/C25H33ClN6/c1-16(2)13-17(3)27-25-28-19(5)24(29-25)20-9-11-31(12-10-20)23-14-18(4)30-32(23)22-8-6-7-21(26)15-22/h6-8,14-16,20H,3,9-13H2,1-2,4-5H3,(H2,27,28,29). The number of H-pyrrole nitrogens is 1. The van der Waals surface area contributed by atoms with Gasteiger partial charge in [-0.3, -0.25) is 0 Å². The molecule has 0 saturated carbocycles. The van der Waals surface area contributed by atoms with Gasteiger partial charge in [0, 0.05) is 41.5 Å². The fourth-order valence-corrected chi connectivity index (χ4v) is 4.72. The molecule has 0 spiro atoms. The van der Waals surface area contributed by atoms with Crippen LogP contribution < -0.4 is 10.2 Å². The van der Waals surface area contributed by atoms with Crippen LogP contribution in [0.1, 0.15) is 56.1 Å². The van der Waals surface area contributed by atoms with Crippen LogP contribution in [0, 0.1) is 19.8 Å². The highest BCUT2D eigenvalue weighted by molar-refractivity contribution is 6.30. The van der Waals surface area contributed by atoms with Gasteiger partial charge < -0.3 is 15.2 Å². The van der Waals surface area contributed by atoms with Gasteiger partial charge >= 0.3 is 0 Å². The lowest BCUT2D eigenvalue weighted by Crippen LogP contribution is -2.34. The molecule has 0 atom stereocenters. The lowest BCUT2D eigenvalue weighted by molar-refractivity contribution is 0.490. The largest absolute Gasteiger partial charge is 0.356 e. The van der Waals surface area contributed by atoms with Gasteiger partial charge in [0.05, 0.1) is 17.1 Å². The second kappa shape index (κ2) is 9.41. The predicted octanol–water partition coefficient (Wildman–Crippen LogP) is 6.22. The fourth-order valence-electron chi connectivity index (χ4n) is 4.53. The minimum atomic E-state index is 0.444. The van der Waals surface area contributed by atoms with Crippen molar-refractivity contribution in [3.8, 4) is 5.69 Å². The summed E-state index contributed by atoms with van der Waals surface area (Å²) in [5, 5.41) is 8.79. The number of rotatable bonds is 7. The molecule has 0 amide bonds. The van der Waals surface area contributed by atoms with E-state index in [4.69, 9.17) is 21.7 Å². The Morgan fingerprint density at radius 1 is 1.25 bits per heavy atom. The summed E-state index contributed by atoms with van der Waals surface area (Å²) in [6.45, 7) is 14.6. The zero-order valence-electron chi connectivity index (χ0n) is 19.5. The highest BCUT2D eigenvalue weighted by Crippen LogP contribution is 2.33. The fraction of sp³-hybridized carbons (Fsp3) is 0.440. The molecule has 170 valence electrons. The Labute approximate surface area is 195 Å². The van der Waals surface area contributed by atoms with Crippen LogP contribution in [0.25, 0.3) is 5.69 Å². The molecule has 1 aliphatic heterocycles. The van der Waals surface area contributed by atoms with Crippen molar-refractivity contribution >= 4 is 23.4 Å². The van der Waals surface area contributed by atoms with Gasteiger partial charge in [-0.25, -0.2) is 9.67 Å². The number of hydrogen-bond acceptors (Lipinski definition) is 4. The summed E-state index contributed by atoms with van der Waals surface area (Å²) in [6, 6.07) is 10.0. The third kappa shape index (κ3) is 5.01. The summed E-state index contributed by atoms with van der Waals surface area (Å²) in [7, 11) is 0. The number of benzene rings is 1. The summed E-state index contributed by atoms with van der Waals surface area (Å²) in [5.41, 5.74) is 5.30. The highest BCUT2D eigenvalue weighted by atomic mass is 35.5. The minimum Gasteiger partial charge on any atom is -0.356 e. The molecule has 1 fully saturated rings. The van der Waals surface area contributed by atoms with Crippen LogP contribution in [0.15, 0.2) is 42.6 Å². The van der Waals surface area contributed by atoms with Crippen molar-refractivity contribution < 1.29 is 0 Å². The lowest BCUT2D eigenvalue weighted by Gasteiger charge is -2.33. The van der Waals surface area contributed by atoms with Gasteiger partial charge in [-0.2, -0.15) is 5.10 Å². The number of nitrogens with one attached hydrogen (secondary N) is 2. The van der Waals surface area contributed by atoms with Gasteiger partial charge in [0.15, 0.2) is 0 Å². The molecule has 1 aromatic carbocycles. The molecule has 7 heteroatoms. The third-order valence-corrected chi connectivity index (χ3v) is 6.18. The van der Waals surface area contributed by atoms with E-state index in [0.717, 1.165) is 71.9 Å². The maximum absolute atomic E-state index is 6.22. The molecule has 3 heterocycles. The van der Waals surface area contributed by atoms with Crippen LogP contribution in [0.5, 0.6) is 0 Å². The van der Waals surface area contributed by atoms with E-state index in [0.29, 0.717) is 11.8 Å². The van der Waals surface area contributed by atoms with E-state index in [9.17, 15) is 0 Å². The number of aromatic amines is 1. The number of piperidine rings is 1. The van der Waals surface area contributed by atoms with Gasteiger partial charge in [-0.05, 0) is 57.2 Å². The molecule has 1 saturated heterocycles. The summed E-state index contributed by atoms with van der Waals surface area (Å²) in [5.74, 6) is 2.94. The minimum absolute atomic E-state index is 0.444. The van der Waals surface area contributed by atoms with Crippen LogP contribution in [-0.2, 0) is 0 Å². The van der Waals surface area contributed by atoms with Gasteiger partial charge in [0.2, 0.25) is 5.95 Å². The number of hydrogen-bond donors (Lipinski definition) is 2. The molecule has 0 aliphatic carbocycles. The van der Waals surface area contributed by atoms with Gasteiger partial charge in [0.25, 0.3) is 0 Å². The molecule has 32 heavy (non-hydrogen) atoms. The second-order valence-electron chi connectivity index (χ2n) is 9.22. The topological polar surface area (TPSA) is 61.8 Å². The van der Waals surface area contributed by atoms with E-state index in [2.05, 4.69) is 48.6 Å². The van der Waals surface area contributed by atoms with Crippen molar-refractivity contribution in [2.45, 2.75) is 52.9 Å². The van der Waals surface area contributed by atoms with Crippen LogP contribution in [0.3, 0.4) is 0 Å². The smallest absolute Gasteiger partial charge is 0.204 e. The summed E-state index contributed by atoms with van der Waals surface area (Å²) >= 11 is 6.22. The Balaban J connectivity index is 1.45. The molecule has 1 aliphatic rings.